The summed E-state index contributed by atoms with van der Waals surface area (Å²) >= 11 is 7.54. The molecule has 0 fully saturated rings. The Morgan fingerprint density at radius 3 is 2.80 bits per heavy atom. The van der Waals surface area contributed by atoms with Gasteiger partial charge in [0.05, 0.1) is 24.4 Å². The fourth-order valence-electron chi connectivity index (χ4n) is 2.34. The standard InChI is InChI=1S/C19H17ClN2O2S/c1-2-24-17-9-8-14(20)10-16(17)22-18(23)11-15-12-25-19(21-15)13-6-4-3-5-7-13/h3-10,12H,2,11H2,1H3,(H,22,23). The van der Waals surface area contributed by atoms with E-state index in [1.807, 2.05) is 42.6 Å². The van der Waals surface area contributed by atoms with Crippen LogP contribution < -0.4 is 10.1 Å². The minimum Gasteiger partial charge on any atom is -0.492 e. The molecule has 0 saturated heterocycles. The average Bonchev–Trinajstić information content (AvgIpc) is 3.06. The van der Waals surface area contributed by atoms with E-state index >= 15 is 0 Å². The van der Waals surface area contributed by atoms with Crippen molar-refractivity contribution in [2.75, 3.05) is 11.9 Å². The molecule has 0 spiro atoms. The number of ether oxygens (including phenoxy) is 1. The number of hydrogen-bond donors (Lipinski definition) is 1. The van der Waals surface area contributed by atoms with Gasteiger partial charge in [0.15, 0.2) is 0 Å². The second kappa shape index (κ2) is 8.14. The molecule has 1 N–H and O–H groups in total. The number of anilines is 1. The number of rotatable bonds is 6. The Labute approximate surface area is 155 Å². The first-order valence-electron chi connectivity index (χ1n) is 7.87. The molecule has 3 aromatic rings. The molecule has 3 rings (SSSR count). The Hall–Kier alpha value is -2.37. The summed E-state index contributed by atoms with van der Waals surface area (Å²) in [5.74, 6) is 0.441. The molecule has 25 heavy (non-hydrogen) atoms. The van der Waals surface area contributed by atoms with E-state index in [1.54, 1.807) is 18.2 Å². The van der Waals surface area contributed by atoms with Gasteiger partial charge < -0.3 is 10.1 Å². The molecule has 0 atom stereocenters. The van der Waals surface area contributed by atoms with Crippen molar-refractivity contribution in [2.24, 2.45) is 0 Å². The molecule has 0 aliphatic carbocycles. The molecule has 6 heteroatoms. The van der Waals surface area contributed by atoms with Crippen molar-refractivity contribution < 1.29 is 9.53 Å². The summed E-state index contributed by atoms with van der Waals surface area (Å²) < 4.78 is 5.52. The van der Waals surface area contributed by atoms with Crippen LogP contribution in [-0.4, -0.2) is 17.5 Å². The van der Waals surface area contributed by atoms with Gasteiger partial charge in [0.25, 0.3) is 0 Å². The molecule has 0 aliphatic heterocycles. The molecular formula is C19H17ClN2O2S. The lowest BCUT2D eigenvalue weighted by molar-refractivity contribution is -0.115. The molecule has 0 aliphatic rings. The number of hydrogen-bond acceptors (Lipinski definition) is 4. The van der Waals surface area contributed by atoms with Gasteiger partial charge in [0.1, 0.15) is 10.8 Å². The number of nitrogens with zero attached hydrogens (tertiary/aromatic N) is 1. The van der Waals surface area contributed by atoms with E-state index in [9.17, 15) is 4.79 Å². The van der Waals surface area contributed by atoms with Gasteiger partial charge in [0.2, 0.25) is 5.91 Å². The Kier molecular flexibility index (Phi) is 5.68. The minimum atomic E-state index is -0.159. The highest BCUT2D eigenvalue weighted by Gasteiger charge is 2.12. The number of carbonyl (C=O) groups excluding carboxylic acids is 1. The fraction of sp³-hybridized carbons (Fsp3) is 0.158. The second-order valence-electron chi connectivity index (χ2n) is 5.31. The molecule has 0 unspecified atom stereocenters. The van der Waals surface area contributed by atoms with Gasteiger partial charge in [-0.3, -0.25) is 4.79 Å². The first-order valence-corrected chi connectivity index (χ1v) is 9.13. The molecule has 128 valence electrons. The number of benzene rings is 2. The zero-order chi connectivity index (χ0) is 17.6. The predicted octanol–water partition coefficient (Wildman–Crippen LogP) is 5.04. The lowest BCUT2D eigenvalue weighted by Crippen LogP contribution is -2.15. The van der Waals surface area contributed by atoms with Crippen LogP contribution in [0.2, 0.25) is 5.02 Å². The molecule has 0 bridgehead atoms. The first-order chi connectivity index (χ1) is 12.2. The number of aromatic nitrogens is 1. The van der Waals surface area contributed by atoms with E-state index in [-0.39, 0.29) is 12.3 Å². The Bertz CT molecular complexity index is 865. The summed E-state index contributed by atoms with van der Waals surface area (Å²) in [5, 5.41) is 6.20. The van der Waals surface area contributed by atoms with Crippen LogP contribution in [0, 0.1) is 0 Å². The molecule has 4 nitrogen and oxygen atoms in total. The molecule has 1 aromatic heterocycles. The maximum absolute atomic E-state index is 12.4. The van der Waals surface area contributed by atoms with Crippen molar-refractivity contribution >= 4 is 34.5 Å². The van der Waals surface area contributed by atoms with E-state index < -0.39 is 0 Å². The largest absolute Gasteiger partial charge is 0.492 e. The highest BCUT2D eigenvalue weighted by molar-refractivity contribution is 7.13. The van der Waals surface area contributed by atoms with Gasteiger partial charge in [-0.05, 0) is 25.1 Å². The van der Waals surface area contributed by atoms with Crippen molar-refractivity contribution in [1.82, 2.24) is 4.98 Å². The quantitative estimate of drug-likeness (QED) is 0.659. The number of nitrogens with one attached hydrogen (secondary N) is 1. The van der Waals surface area contributed by atoms with E-state index in [1.165, 1.54) is 11.3 Å². The summed E-state index contributed by atoms with van der Waals surface area (Å²) in [5.41, 5.74) is 2.35. The molecule has 0 radical (unpaired) electrons. The predicted molar refractivity (Wildman–Crippen MR) is 103 cm³/mol. The summed E-state index contributed by atoms with van der Waals surface area (Å²) in [6.45, 7) is 2.40. The van der Waals surface area contributed by atoms with E-state index in [0.717, 1.165) is 16.3 Å². The van der Waals surface area contributed by atoms with Crippen molar-refractivity contribution in [1.29, 1.82) is 0 Å². The SMILES string of the molecule is CCOc1ccc(Cl)cc1NC(=O)Cc1csc(-c2ccccc2)n1. The number of carbonyl (C=O) groups is 1. The maximum atomic E-state index is 12.4. The highest BCUT2D eigenvalue weighted by Crippen LogP contribution is 2.28. The zero-order valence-electron chi connectivity index (χ0n) is 13.7. The van der Waals surface area contributed by atoms with E-state index in [0.29, 0.717) is 23.1 Å². The third-order valence-corrected chi connectivity index (χ3v) is 4.60. The van der Waals surface area contributed by atoms with Crippen molar-refractivity contribution in [3.63, 3.8) is 0 Å². The van der Waals surface area contributed by atoms with E-state index in [4.69, 9.17) is 16.3 Å². The summed E-state index contributed by atoms with van der Waals surface area (Å²) in [4.78, 5) is 16.9. The van der Waals surface area contributed by atoms with Crippen molar-refractivity contribution in [2.45, 2.75) is 13.3 Å². The molecule has 0 saturated carbocycles. The van der Waals surface area contributed by atoms with Gasteiger partial charge in [-0.15, -0.1) is 11.3 Å². The van der Waals surface area contributed by atoms with Gasteiger partial charge in [0, 0.05) is 16.0 Å². The monoisotopic (exact) mass is 372 g/mol. The third-order valence-electron chi connectivity index (χ3n) is 3.43. The number of halogens is 1. The van der Waals surface area contributed by atoms with E-state index in [2.05, 4.69) is 10.3 Å². The molecule has 1 amide bonds. The molecular weight excluding hydrogens is 356 g/mol. The summed E-state index contributed by atoms with van der Waals surface area (Å²) in [6.07, 6.45) is 0.196. The van der Waals surface area contributed by atoms with Crippen molar-refractivity contribution in [3.05, 3.63) is 64.6 Å². The number of thiazole rings is 1. The lowest BCUT2D eigenvalue weighted by Gasteiger charge is -2.11. The van der Waals surface area contributed by atoms with Crippen LogP contribution in [-0.2, 0) is 11.2 Å². The Morgan fingerprint density at radius 1 is 1.24 bits per heavy atom. The lowest BCUT2D eigenvalue weighted by atomic mass is 10.2. The Morgan fingerprint density at radius 2 is 2.04 bits per heavy atom. The summed E-state index contributed by atoms with van der Waals surface area (Å²) in [6, 6.07) is 15.1. The van der Waals surface area contributed by atoms with Crippen LogP contribution in [0.5, 0.6) is 5.75 Å². The van der Waals surface area contributed by atoms with Gasteiger partial charge in [-0.1, -0.05) is 41.9 Å². The van der Waals surface area contributed by atoms with Crippen LogP contribution in [0.1, 0.15) is 12.6 Å². The highest BCUT2D eigenvalue weighted by atomic mass is 35.5. The molecule has 2 aromatic carbocycles. The average molecular weight is 373 g/mol. The maximum Gasteiger partial charge on any atom is 0.230 e. The smallest absolute Gasteiger partial charge is 0.230 e. The number of amides is 1. The van der Waals surface area contributed by atoms with Gasteiger partial charge >= 0.3 is 0 Å². The third kappa shape index (κ3) is 4.59. The van der Waals surface area contributed by atoms with Crippen LogP contribution in [0.4, 0.5) is 5.69 Å². The first kappa shape index (κ1) is 17.5. The summed E-state index contributed by atoms with van der Waals surface area (Å²) in [7, 11) is 0. The Balaban J connectivity index is 1.69. The fourth-order valence-corrected chi connectivity index (χ4v) is 3.34. The minimum absolute atomic E-state index is 0.159. The van der Waals surface area contributed by atoms with Gasteiger partial charge in [-0.25, -0.2) is 4.98 Å². The van der Waals surface area contributed by atoms with Crippen LogP contribution >= 0.6 is 22.9 Å². The normalized spacial score (nSPS) is 10.5. The van der Waals surface area contributed by atoms with Crippen LogP contribution in [0.25, 0.3) is 10.6 Å². The van der Waals surface area contributed by atoms with Crippen molar-refractivity contribution in [3.8, 4) is 16.3 Å². The molecule has 1 heterocycles. The zero-order valence-corrected chi connectivity index (χ0v) is 15.2. The van der Waals surface area contributed by atoms with Crippen LogP contribution in [0.15, 0.2) is 53.9 Å². The van der Waals surface area contributed by atoms with Crippen LogP contribution in [0.3, 0.4) is 0 Å². The topological polar surface area (TPSA) is 51.2 Å². The van der Waals surface area contributed by atoms with Gasteiger partial charge in [-0.2, -0.15) is 0 Å². The second-order valence-corrected chi connectivity index (χ2v) is 6.60.